The highest BCUT2D eigenvalue weighted by Crippen LogP contribution is 2.15. The molecule has 0 aromatic heterocycles. The molecule has 0 spiro atoms. The Kier molecular flexibility index (Phi) is 5.89. The van der Waals surface area contributed by atoms with E-state index < -0.39 is 0 Å². The molecule has 1 amide bonds. The molecule has 126 valence electrons. The Morgan fingerprint density at radius 2 is 1.96 bits per heavy atom. The van der Waals surface area contributed by atoms with E-state index in [1.807, 2.05) is 24.3 Å². The number of carbonyl (C=O) groups is 1. The third-order valence-corrected chi connectivity index (χ3v) is 4.94. The minimum Gasteiger partial charge on any atom is -0.351 e. The molecule has 3 rings (SSSR count). The van der Waals surface area contributed by atoms with Gasteiger partial charge >= 0.3 is 0 Å². The molecule has 2 N–H and O–H groups in total. The van der Waals surface area contributed by atoms with Crippen LogP contribution in [0.15, 0.2) is 24.3 Å². The first kappa shape index (κ1) is 16.7. The number of hydrogen-bond acceptors (Lipinski definition) is 4. The van der Waals surface area contributed by atoms with Crippen LogP contribution in [0.3, 0.4) is 0 Å². The monoisotopic (exact) mass is 336 g/mol. The molecule has 2 fully saturated rings. The zero-order chi connectivity index (χ0) is 16.1. The number of benzene rings is 1. The van der Waals surface area contributed by atoms with Crippen molar-refractivity contribution in [1.82, 2.24) is 20.4 Å². The lowest BCUT2D eigenvalue weighted by Gasteiger charge is -2.32. The number of carbonyl (C=O) groups excluding carboxylic acids is 1. The van der Waals surface area contributed by atoms with E-state index >= 15 is 0 Å². The molecule has 0 aliphatic carbocycles. The number of amides is 1. The van der Waals surface area contributed by atoms with Crippen molar-refractivity contribution in [2.24, 2.45) is 0 Å². The van der Waals surface area contributed by atoms with Gasteiger partial charge in [-0.2, -0.15) is 0 Å². The van der Waals surface area contributed by atoms with Gasteiger partial charge in [-0.1, -0.05) is 23.7 Å². The fourth-order valence-corrected chi connectivity index (χ4v) is 3.49. The van der Waals surface area contributed by atoms with Gasteiger partial charge < -0.3 is 10.6 Å². The summed E-state index contributed by atoms with van der Waals surface area (Å²) in [5, 5.41) is 7.10. The van der Waals surface area contributed by atoms with Crippen molar-refractivity contribution in [3.05, 3.63) is 34.9 Å². The molecule has 1 aromatic rings. The number of rotatable bonds is 5. The van der Waals surface area contributed by atoms with Gasteiger partial charge in [-0.15, -0.1) is 0 Å². The lowest BCUT2D eigenvalue weighted by molar-refractivity contribution is -0.122. The second kappa shape index (κ2) is 8.11. The summed E-state index contributed by atoms with van der Waals surface area (Å²) in [5.41, 5.74) is 1.07. The largest absolute Gasteiger partial charge is 0.351 e. The number of nitrogens with one attached hydrogen (secondary N) is 2. The molecule has 2 saturated heterocycles. The number of halogens is 1. The molecule has 23 heavy (non-hydrogen) atoms. The molecule has 2 aliphatic rings. The van der Waals surface area contributed by atoms with Crippen LogP contribution < -0.4 is 10.6 Å². The maximum absolute atomic E-state index is 12.1. The van der Waals surface area contributed by atoms with Gasteiger partial charge in [-0.05, 0) is 24.1 Å². The summed E-state index contributed by atoms with van der Waals surface area (Å²) in [5.74, 6) is 0.0981. The highest BCUT2D eigenvalue weighted by atomic mass is 35.5. The van der Waals surface area contributed by atoms with Gasteiger partial charge in [0.15, 0.2) is 0 Å². The number of likely N-dealkylation sites (tertiary alicyclic amines) is 1. The molecule has 1 unspecified atom stereocenters. The third-order valence-electron chi connectivity index (χ3n) is 4.69. The molecule has 5 nitrogen and oxygen atoms in total. The van der Waals surface area contributed by atoms with E-state index in [0.717, 1.165) is 49.9 Å². The van der Waals surface area contributed by atoms with Gasteiger partial charge in [0.25, 0.3) is 0 Å². The van der Waals surface area contributed by atoms with Crippen LogP contribution in [0, 0.1) is 0 Å². The quantitative estimate of drug-likeness (QED) is 0.840. The lowest BCUT2D eigenvalue weighted by Crippen LogP contribution is -2.49. The molecule has 0 radical (unpaired) electrons. The van der Waals surface area contributed by atoms with Crippen molar-refractivity contribution in [3.63, 3.8) is 0 Å². The lowest BCUT2D eigenvalue weighted by atomic mass is 10.2. The maximum Gasteiger partial charge on any atom is 0.234 e. The first-order valence-corrected chi connectivity index (χ1v) is 8.77. The molecule has 1 atom stereocenters. The Morgan fingerprint density at radius 3 is 2.70 bits per heavy atom. The molecule has 2 aliphatic heterocycles. The molecular formula is C17H25ClN4O. The molecule has 0 bridgehead atoms. The zero-order valence-electron chi connectivity index (χ0n) is 13.4. The Labute approximate surface area is 143 Å². The smallest absolute Gasteiger partial charge is 0.234 e. The van der Waals surface area contributed by atoms with Crippen LogP contribution in [-0.2, 0) is 11.3 Å². The second-order valence-corrected chi connectivity index (χ2v) is 6.80. The molecule has 2 heterocycles. The van der Waals surface area contributed by atoms with Gasteiger partial charge in [-0.3, -0.25) is 14.6 Å². The van der Waals surface area contributed by atoms with Gasteiger partial charge in [0.2, 0.25) is 5.91 Å². The number of nitrogens with zero attached hydrogens (tertiary/aromatic N) is 2. The van der Waals surface area contributed by atoms with Crippen LogP contribution in [0.2, 0.25) is 5.02 Å². The number of hydrogen-bond donors (Lipinski definition) is 2. The summed E-state index contributed by atoms with van der Waals surface area (Å²) >= 11 is 5.86. The zero-order valence-corrected chi connectivity index (χ0v) is 14.2. The van der Waals surface area contributed by atoms with Crippen LogP contribution in [0.5, 0.6) is 0 Å². The van der Waals surface area contributed by atoms with Crippen molar-refractivity contribution >= 4 is 17.5 Å². The van der Waals surface area contributed by atoms with Gasteiger partial charge in [-0.25, -0.2) is 0 Å². The molecular weight excluding hydrogens is 312 g/mol. The highest BCUT2D eigenvalue weighted by molar-refractivity contribution is 6.30. The minimum absolute atomic E-state index is 0.0981. The van der Waals surface area contributed by atoms with Crippen molar-refractivity contribution in [3.8, 4) is 0 Å². The third kappa shape index (κ3) is 4.91. The predicted molar refractivity (Wildman–Crippen MR) is 92.6 cm³/mol. The normalized spacial score (nSPS) is 23.1. The van der Waals surface area contributed by atoms with E-state index in [9.17, 15) is 4.79 Å². The van der Waals surface area contributed by atoms with Crippen LogP contribution in [0.1, 0.15) is 12.0 Å². The Hall–Kier alpha value is -1.14. The van der Waals surface area contributed by atoms with E-state index in [1.165, 1.54) is 6.42 Å². The average molecular weight is 337 g/mol. The summed E-state index contributed by atoms with van der Waals surface area (Å²) in [7, 11) is 0. The Bertz CT molecular complexity index is 516. The minimum atomic E-state index is 0.0981. The maximum atomic E-state index is 12.1. The average Bonchev–Trinajstić information content (AvgIpc) is 3.04. The van der Waals surface area contributed by atoms with Crippen LogP contribution in [-0.4, -0.2) is 67.6 Å². The summed E-state index contributed by atoms with van der Waals surface area (Å²) in [6.45, 7) is 7.50. The first-order valence-electron chi connectivity index (χ1n) is 8.39. The first-order chi connectivity index (χ1) is 11.2. The van der Waals surface area contributed by atoms with E-state index in [4.69, 9.17) is 11.6 Å². The van der Waals surface area contributed by atoms with Gasteiger partial charge in [0, 0.05) is 56.9 Å². The summed E-state index contributed by atoms with van der Waals surface area (Å²) in [6, 6.07) is 8.20. The fourth-order valence-electron chi connectivity index (χ4n) is 3.36. The van der Waals surface area contributed by atoms with E-state index in [-0.39, 0.29) is 5.91 Å². The summed E-state index contributed by atoms with van der Waals surface area (Å²) in [4.78, 5) is 16.9. The fraction of sp³-hybridized carbons (Fsp3) is 0.588. The standard InChI is InChI=1S/C17H25ClN4O/c18-15-3-1-14(2-4-15)11-20-17(23)13-21-8-5-16(12-21)22-9-6-19-7-10-22/h1-4,16,19H,5-13H2,(H,20,23). The summed E-state index contributed by atoms with van der Waals surface area (Å²) in [6.07, 6.45) is 1.17. The predicted octanol–water partition coefficient (Wildman–Crippen LogP) is 0.936. The van der Waals surface area contributed by atoms with E-state index in [0.29, 0.717) is 19.1 Å². The van der Waals surface area contributed by atoms with Gasteiger partial charge in [0.05, 0.1) is 6.54 Å². The van der Waals surface area contributed by atoms with Crippen molar-refractivity contribution < 1.29 is 4.79 Å². The van der Waals surface area contributed by atoms with Crippen molar-refractivity contribution in [2.75, 3.05) is 45.8 Å². The summed E-state index contributed by atoms with van der Waals surface area (Å²) < 4.78 is 0. The van der Waals surface area contributed by atoms with Crippen LogP contribution in [0.4, 0.5) is 0 Å². The highest BCUT2D eigenvalue weighted by Gasteiger charge is 2.29. The molecule has 0 saturated carbocycles. The molecule has 1 aromatic carbocycles. The topological polar surface area (TPSA) is 47.6 Å². The Morgan fingerprint density at radius 1 is 1.22 bits per heavy atom. The SMILES string of the molecule is O=C(CN1CCC(N2CCNCC2)C1)NCc1ccc(Cl)cc1. The van der Waals surface area contributed by atoms with Crippen molar-refractivity contribution in [1.29, 1.82) is 0 Å². The number of piperazine rings is 1. The second-order valence-electron chi connectivity index (χ2n) is 6.37. The van der Waals surface area contributed by atoms with Crippen molar-refractivity contribution in [2.45, 2.75) is 19.0 Å². The van der Waals surface area contributed by atoms with E-state index in [1.54, 1.807) is 0 Å². The Balaban J connectivity index is 1.39. The van der Waals surface area contributed by atoms with E-state index in [2.05, 4.69) is 20.4 Å². The molecule has 6 heteroatoms. The van der Waals surface area contributed by atoms with Crippen LogP contribution >= 0.6 is 11.6 Å². The van der Waals surface area contributed by atoms with Gasteiger partial charge in [0.1, 0.15) is 0 Å². The van der Waals surface area contributed by atoms with Crippen LogP contribution in [0.25, 0.3) is 0 Å².